The molecular weight excluding hydrogens is 1020 g/mol. The fourth-order valence-corrected chi connectivity index (χ4v) is 10.2. The number of halogens is 2. The molecule has 22 heteroatoms. The van der Waals surface area contributed by atoms with Crippen molar-refractivity contribution < 1.29 is 57.1 Å². The lowest BCUT2D eigenvalue weighted by Crippen LogP contribution is -2.48. The number of aliphatic hydroxyl groups excluding tert-OH is 2. The largest absolute Gasteiger partial charge is 0.491 e. The maximum absolute atomic E-state index is 13.6. The molecule has 4 atom stereocenters. The molecule has 0 aliphatic carbocycles. The molecule has 5 aliphatic heterocycles. The van der Waals surface area contributed by atoms with Crippen molar-refractivity contribution in [1.29, 1.82) is 0 Å². The Morgan fingerprint density at radius 3 is 1.68 bits per heavy atom. The molecule has 3 saturated heterocycles. The van der Waals surface area contributed by atoms with Crippen LogP contribution < -0.4 is 39.7 Å². The van der Waals surface area contributed by atoms with Crippen molar-refractivity contribution in [3.05, 3.63) is 144 Å². The Balaban J connectivity index is 0.000000179. The molecule has 0 radical (unpaired) electrons. The van der Waals surface area contributed by atoms with E-state index in [-0.39, 0.29) is 84.1 Å². The van der Waals surface area contributed by atoms with Gasteiger partial charge in [-0.2, -0.15) is 0 Å². The quantitative estimate of drug-likeness (QED) is 0.0652. The molecule has 79 heavy (non-hydrogen) atoms. The lowest BCUT2D eigenvalue weighted by Gasteiger charge is -2.35. The van der Waals surface area contributed by atoms with Crippen LogP contribution in [0.1, 0.15) is 71.6 Å². The molecule has 412 valence electrons. The van der Waals surface area contributed by atoms with Crippen molar-refractivity contribution in [3.63, 3.8) is 0 Å². The zero-order valence-electron chi connectivity index (χ0n) is 43.6. The maximum Gasteiger partial charge on any atom is 0.329 e. The third kappa shape index (κ3) is 13.1. The van der Waals surface area contributed by atoms with Crippen molar-refractivity contribution in [3.8, 4) is 11.5 Å². The second kappa shape index (κ2) is 23.8. The molecule has 9 heterocycles. The third-order valence-electron chi connectivity index (χ3n) is 14.1. The fraction of sp³-hybridized carbons (Fsp3) is 0.368. The lowest BCUT2D eigenvalue weighted by atomic mass is 10.1. The number of amides is 4. The van der Waals surface area contributed by atoms with E-state index >= 15 is 0 Å². The number of benzene rings is 2. The van der Waals surface area contributed by atoms with Crippen LogP contribution in [-0.4, -0.2) is 136 Å². The average molecular weight is 1080 g/mol. The van der Waals surface area contributed by atoms with E-state index in [1.807, 2.05) is 26.0 Å². The summed E-state index contributed by atoms with van der Waals surface area (Å²) in [5.41, 5.74) is 3.58. The second-order valence-electron chi connectivity index (χ2n) is 20.2. The number of carbonyl (C=O) groups is 4. The van der Waals surface area contributed by atoms with Crippen LogP contribution >= 0.6 is 0 Å². The number of fused-ring (bicyclic) bond motifs is 8. The highest BCUT2D eigenvalue weighted by Gasteiger charge is 2.42. The van der Waals surface area contributed by atoms with Gasteiger partial charge in [0, 0.05) is 63.5 Å². The Morgan fingerprint density at radius 1 is 0.709 bits per heavy atom. The standard InChI is InChI=1S/C30H32FN5O5.C27H28FN5O5/c1-30(2)40-18-23(41-30)17-39-22-10-12-32-27(15-22)34-29(38)36-21-11-13-35(16-21)25-8-7-24(33-28(25)36)26(37)9-6-19-4-3-5-20(31)14-19;28-18-3-1-2-17(12-18)4-7-24(36)22-5-6-23-26(30-22)33(19-9-11-32(23)14-19)27(37)31-25-13-21(8-10-29-25)38-16-20(35)15-34/h3-5,7-8,10,12,14-15,21,23H,6,9,11,13,16-18H2,1-2H3,(H,32,34,38);1-3,5-6,8,10,12-13,19-20,34-35H,4,7,9,11,14-16H2,(H,29,31,37)/t21-,23-;19-,20+/m00/s1. The number of nitrogens with zero attached hydrogens (tertiary/aromatic N) is 8. The van der Waals surface area contributed by atoms with E-state index < -0.39 is 24.5 Å². The van der Waals surface area contributed by atoms with Crippen LogP contribution in [0.2, 0.25) is 0 Å². The van der Waals surface area contributed by atoms with E-state index in [4.69, 9.17) is 24.1 Å². The number of hydrogen-bond acceptors (Lipinski definition) is 16. The third-order valence-corrected chi connectivity index (χ3v) is 14.1. The summed E-state index contributed by atoms with van der Waals surface area (Å²) in [7, 11) is 0. The first-order chi connectivity index (χ1) is 38.1. The van der Waals surface area contributed by atoms with Gasteiger partial charge in [0.15, 0.2) is 29.0 Å². The zero-order chi connectivity index (χ0) is 55.2. The molecule has 5 aliphatic rings. The number of Topliss-reactive ketones (excluding diaryl/α,β-unsaturated/α-hetero) is 2. The van der Waals surface area contributed by atoms with Crippen molar-refractivity contribution in [1.82, 2.24) is 19.9 Å². The Morgan fingerprint density at radius 2 is 1.22 bits per heavy atom. The SMILES string of the molecule is CC1(C)OC[C@H](COc2ccnc(NC(=O)N3c4nc(C(=O)CCc5cccc(F)c5)ccc4N4CC[C@H]3C4)c2)O1.O=C(CCc1cccc(F)c1)c1ccc2c(n1)N(C(=O)Nc1cc(OC[C@H](O)CO)ccn1)[C@H]1CCN2C1. The van der Waals surface area contributed by atoms with Gasteiger partial charge in [-0.1, -0.05) is 24.3 Å². The number of aliphatic hydroxyl groups is 2. The number of anilines is 6. The predicted octanol–water partition coefficient (Wildman–Crippen LogP) is 7.39. The number of aryl methyl sites for hydroxylation is 2. The molecule has 0 saturated carbocycles. The smallest absolute Gasteiger partial charge is 0.329 e. The van der Waals surface area contributed by atoms with Gasteiger partial charge in [-0.3, -0.25) is 30.0 Å². The number of nitrogens with one attached hydrogen (secondary N) is 2. The Bertz CT molecular complexity index is 3230. The molecular formula is C57H60F2N10O10. The molecule has 4 amide bonds. The first-order valence-electron chi connectivity index (χ1n) is 26.2. The van der Waals surface area contributed by atoms with Gasteiger partial charge in [-0.05, 0) is 111 Å². The Hall–Kier alpha value is -8.18. The number of rotatable bonds is 17. The summed E-state index contributed by atoms with van der Waals surface area (Å²) in [6.07, 6.45) is 4.48. The van der Waals surface area contributed by atoms with Crippen LogP contribution in [-0.2, 0) is 22.3 Å². The second-order valence-corrected chi connectivity index (χ2v) is 20.2. The van der Waals surface area contributed by atoms with Gasteiger partial charge >= 0.3 is 12.1 Å². The molecule has 0 unspecified atom stereocenters. The van der Waals surface area contributed by atoms with Gasteiger partial charge in [0.1, 0.15) is 71.6 Å². The number of ketones is 2. The number of carbonyl (C=O) groups excluding carboxylic acids is 4. The normalized spacial score (nSPS) is 18.7. The highest BCUT2D eigenvalue weighted by molar-refractivity contribution is 6.06. The van der Waals surface area contributed by atoms with Gasteiger partial charge in [-0.25, -0.2) is 38.3 Å². The highest BCUT2D eigenvalue weighted by Crippen LogP contribution is 2.41. The first-order valence-corrected chi connectivity index (χ1v) is 26.2. The zero-order valence-corrected chi connectivity index (χ0v) is 43.6. The van der Waals surface area contributed by atoms with E-state index in [9.17, 15) is 33.1 Å². The number of pyridine rings is 4. The predicted molar refractivity (Wildman–Crippen MR) is 288 cm³/mol. The summed E-state index contributed by atoms with van der Waals surface area (Å²) in [4.78, 5) is 78.3. The van der Waals surface area contributed by atoms with E-state index in [0.717, 1.165) is 48.4 Å². The van der Waals surface area contributed by atoms with Crippen molar-refractivity contribution in [2.45, 2.75) is 82.5 Å². The molecule has 4 aromatic heterocycles. The van der Waals surface area contributed by atoms with Gasteiger partial charge in [-0.15, -0.1) is 0 Å². The van der Waals surface area contributed by atoms with Crippen molar-refractivity contribution >= 4 is 58.3 Å². The minimum absolute atomic E-state index is 0.0880. The topological polar surface area (TPSA) is 234 Å². The molecule has 11 rings (SSSR count). The van der Waals surface area contributed by atoms with Crippen LogP contribution in [0, 0.1) is 11.6 Å². The molecule has 6 aromatic rings. The molecule has 20 nitrogen and oxygen atoms in total. The van der Waals surface area contributed by atoms with E-state index in [0.29, 0.717) is 68.1 Å². The molecule has 3 fully saturated rings. The summed E-state index contributed by atoms with van der Waals surface area (Å²) >= 11 is 0. The van der Waals surface area contributed by atoms with Crippen LogP contribution in [0.3, 0.4) is 0 Å². The number of aromatic nitrogens is 4. The van der Waals surface area contributed by atoms with Gasteiger partial charge in [0.2, 0.25) is 0 Å². The van der Waals surface area contributed by atoms with Crippen LogP contribution in [0.15, 0.2) is 109 Å². The Labute approximate surface area is 454 Å². The van der Waals surface area contributed by atoms with E-state index in [1.165, 1.54) is 36.5 Å². The monoisotopic (exact) mass is 1080 g/mol. The van der Waals surface area contributed by atoms with Gasteiger partial charge in [0.25, 0.3) is 0 Å². The van der Waals surface area contributed by atoms with Crippen LogP contribution in [0.5, 0.6) is 11.5 Å². The summed E-state index contributed by atoms with van der Waals surface area (Å²) < 4.78 is 49.7. The van der Waals surface area contributed by atoms with Crippen molar-refractivity contribution in [2.24, 2.45) is 0 Å². The maximum atomic E-state index is 13.6. The van der Waals surface area contributed by atoms with Gasteiger partial charge in [0.05, 0.1) is 36.7 Å². The molecule has 4 N–H and O–H groups in total. The molecule has 0 spiro atoms. The molecule has 2 aromatic carbocycles. The average Bonchev–Trinajstić information content (AvgIpc) is 4.34. The van der Waals surface area contributed by atoms with E-state index in [1.54, 1.807) is 70.6 Å². The number of hydrogen-bond donors (Lipinski definition) is 4. The first kappa shape index (κ1) is 54.2. The van der Waals surface area contributed by atoms with E-state index in [2.05, 4.69) is 40.4 Å². The summed E-state index contributed by atoms with van der Waals surface area (Å²) in [5.74, 6) is 0.675. The van der Waals surface area contributed by atoms with Crippen LogP contribution in [0.4, 0.5) is 53.0 Å². The Kier molecular flexibility index (Phi) is 16.3. The minimum Gasteiger partial charge on any atom is -0.491 e. The summed E-state index contributed by atoms with van der Waals surface area (Å²) in [5, 5.41) is 24.1. The van der Waals surface area contributed by atoms with Crippen LogP contribution in [0.25, 0.3) is 0 Å². The summed E-state index contributed by atoms with van der Waals surface area (Å²) in [6.45, 7) is 6.83. The highest BCUT2D eigenvalue weighted by atomic mass is 19.1. The van der Waals surface area contributed by atoms with Crippen molar-refractivity contribution in [2.75, 3.05) is 82.8 Å². The minimum atomic E-state index is -1.02. The summed E-state index contributed by atoms with van der Waals surface area (Å²) in [6, 6.07) is 24.9. The van der Waals surface area contributed by atoms with Gasteiger partial charge < -0.3 is 39.0 Å². The number of urea groups is 2. The fourth-order valence-electron chi connectivity index (χ4n) is 10.2. The number of ether oxygens (including phenoxy) is 4. The molecule has 4 bridgehead atoms. The lowest BCUT2D eigenvalue weighted by molar-refractivity contribution is -0.141.